The summed E-state index contributed by atoms with van der Waals surface area (Å²) in [6, 6.07) is 15.9. The second kappa shape index (κ2) is 7.20. The van der Waals surface area contributed by atoms with E-state index in [0.29, 0.717) is 12.4 Å². The van der Waals surface area contributed by atoms with Gasteiger partial charge in [-0.1, -0.05) is 35.9 Å². The Hall–Kier alpha value is -3.00. The van der Waals surface area contributed by atoms with Crippen LogP contribution < -0.4 is 4.90 Å². The average molecular weight is 397 g/mol. The second-order valence-corrected chi connectivity index (χ2v) is 8.84. The van der Waals surface area contributed by atoms with Crippen LogP contribution in [0.15, 0.2) is 63.9 Å². The second-order valence-electron chi connectivity index (χ2n) is 6.85. The maximum Gasteiger partial charge on any atom is 0.231 e. The molecule has 8 heteroatoms. The van der Waals surface area contributed by atoms with Crippen LogP contribution in [0.1, 0.15) is 29.7 Å². The lowest BCUT2D eigenvalue weighted by Crippen LogP contribution is -2.24. The van der Waals surface area contributed by atoms with Crippen molar-refractivity contribution in [1.29, 1.82) is 0 Å². The molecule has 3 aromatic rings. The monoisotopic (exact) mass is 397 g/mol. The van der Waals surface area contributed by atoms with E-state index in [4.69, 9.17) is 4.42 Å². The van der Waals surface area contributed by atoms with Crippen LogP contribution in [0.2, 0.25) is 0 Å². The molecule has 0 spiro atoms. The van der Waals surface area contributed by atoms with E-state index in [1.807, 2.05) is 31.2 Å². The average Bonchev–Trinajstić information content (AvgIpc) is 3.29. The molecule has 0 N–H and O–H groups in total. The summed E-state index contributed by atoms with van der Waals surface area (Å²) in [5.41, 5.74) is 1.94. The summed E-state index contributed by atoms with van der Waals surface area (Å²) in [4.78, 5) is 14.3. The molecule has 0 aliphatic carbocycles. The summed E-state index contributed by atoms with van der Waals surface area (Å²) in [7, 11) is -3.57. The van der Waals surface area contributed by atoms with Crippen LogP contribution in [0.3, 0.4) is 0 Å². The Bertz CT molecular complexity index is 1090. The predicted octanol–water partition coefficient (Wildman–Crippen LogP) is 2.87. The van der Waals surface area contributed by atoms with Crippen molar-refractivity contribution in [1.82, 2.24) is 10.2 Å². The molecule has 2 aromatic carbocycles. The van der Waals surface area contributed by atoms with Gasteiger partial charge in [0.2, 0.25) is 17.7 Å². The first kappa shape index (κ1) is 18.4. The van der Waals surface area contributed by atoms with Gasteiger partial charge in [0.15, 0.2) is 9.84 Å². The van der Waals surface area contributed by atoms with Gasteiger partial charge in [0.05, 0.1) is 10.8 Å². The lowest BCUT2D eigenvalue weighted by molar-refractivity contribution is -0.117. The van der Waals surface area contributed by atoms with Crippen molar-refractivity contribution in [2.75, 3.05) is 11.4 Å². The number of anilines is 1. The summed E-state index contributed by atoms with van der Waals surface area (Å²) in [6.45, 7) is 2.41. The van der Waals surface area contributed by atoms with Crippen molar-refractivity contribution >= 4 is 21.4 Å². The van der Waals surface area contributed by atoms with E-state index < -0.39 is 9.84 Å². The minimum Gasteiger partial charge on any atom is -0.424 e. The quantitative estimate of drug-likeness (QED) is 0.657. The Morgan fingerprint density at radius 3 is 2.50 bits per heavy atom. The zero-order chi connectivity index (χ0) is 19.7. The summed E-state index contributed by atoms with van der Waals surface area (Å²) in [5.74, 6) is -0.326. The SMILES string of the molecule is Cc1ccc(N2CC(c3nnc(CS(=O)(=O)c4ccccc4)o3)CC2=O)cc1. The minimum atomic E-state index is -3.57. The van der Waals surface area contributed by atoms with Crippen LogP contribution in [0, 0.1) is 6.92 Å². The molecule has 28 heavy (non-hydrogen) atoms. The molecule has 1 aliphatic heterocycles. The van der Waals surface area contributed by atoms with E-state index in [1.54, 1.807) is 23.1 Å². The highest BCUT2D eigenvalue weighted by Gasteiger charge is 2.35. The molecule has 1 aromatic heterocycles. The maximum absolute atomic E-state index is 12.5. The highest BCUT2D eigenvalue weighted by atomic mass is 32.2. The molecular weight excluding hydrogens is 378 g/mol. The Morgan fingerprint density at radius 2 is 1.79 bits per heavy atom. The fourth-order valence-electron chi connectivity index (χ4n) is 3.21. The van der Waals surface area contributed by atoms with E-state index in [-0.39, 0.29) is 34.8 Å². The van der Waals surface area contributed by atoms with Gasteiger partial charge in [0.1, 0.15) is 5.75 Å². The lowest BCUT2D eigenvalue weighted by atomic mass is 10.1. The molecule has 1 saturated heterocycles. The van der Waals surface area contributed by atoms with E-state index in [9.17, 15) is 13.2 Å². The third kappa shape index (κ3) is 3.68. The fourth-order valence-corrected chi connectivity index (χ4v) is 4.39. The highest BCUT2D eigenvalue weighted by Crippen LogP contribution is 2.31. The molecule has 0 radical (unpaired) electrons. The van der Waals surface area contributed by atoms with Crippen LogP contribution in [-0.4, -0.2) is 31.1 Å². The molecule has 4 rings (SSSR count). The van der Waals surface area contributed by atoms with Gasteiger partial charge in [-0.25, -0.2) is 8.42 Å². The zero-order valence-electron chi connectivity index (χ0n) is 15.3. The topological polar surface area (TPSA) is 93.4 Å². The number of amides is 1. The molecule has 144 valence electrons. The van der Waals surface area contributed by atoms with Crippen molar-refractivity contribution in [2.24, 2.45) is 0 Å². The van der Waals surface area contributed by atoms with Crippen molar-refractivity contribution in [3.05, 3.63) is 71.9 Å². The van der Waals surface area contributed by atoms with Crippen molar-refractivity contribution in [3.8, 4) is 0 Å². The third-order valence-corrected chi connectivity index (χ3v) is 6.34. The van der Waals surface area contributed by atoms with Gasteiger partial charge < -0.3 is 9.32 Å². The zero-order valence-corrected chi connectivity index (χ0v) is 16.1. The van der Waals surface area contributed by atoms with Gasteiger partial charge in [-0.3, -0.25) is 4.79 Å². The molecule has 1 unspecified atom stereocenters. The number of nitrogens with zero attached hydrogens (tertiary/aromatic N) is 3. The molecular formula is C20H19N3O4S. The standard InChI is InChI=1S/C20H19N3O4S/c1-14-7-9-16(10-8-14)23-12-15(11-19(23)24)20-22-21-18(27-20)13-28(25,26)17-5-3-2-4-6-17/h2-10,15H,11-13H2,1H3. The number of aryl methyl sites for hydroxylation is 1. The van der Waals surface area contributed by atoms with Gasteiger partial charge in [-0.2, -0.15) is 0 Å². The number of carbonyl (C=O) groups is 1. The van der Waals surface area contributed by atoms with Gasteiger partial charge in [0, 0.05) is 18.7 Å². The van der Waals surface area contributed by atoms with Gasteiger partial charge in [-0.05, 0) is 31.2 Å². The van der Waals surface area contributed by atoms with Crippen LogP contribution in [0.4, 0.5) is 5.69 Å². The highest BCUT2D eigenvalue weighted by molar-refractivity contribution is 7.90. The predicted molar refractivity (Wildman–Crippen MR) is 103 cm³/mol. The number of benzene rings is 2. The number of aromatic nitrogens is 2. The molecule has 1 fully saturated rings. The van der Waals surface area contributed by atoms with E-state index in [0.717, 1.165) is 11.3 Å². The molecule has 1 aliphatic rings. The number of carbonyl (C=O) groups excluding carboxylic acids is 1. The van der Waals surface area contributed by atoms with Gasteiger partial charge >= 0.3 is 0 Å². The lowest BCUT2D eigenvalue weighted by Gasteiger charge is -2.16. The third-order valence-electron chi connectivity index (χ3n) is 4.72. The van der Waals surface area contributed by atoms with Crippen LogP contribution in [-0.2, 0) is 20.4 Å². The van der Waals surface area contributed by atoms with Gasteiger partial charge in [0.25, 0.3) is 0 Å². The van der Waals surface area contributed by atoms with Crippen molar-refractivity contribution in [2.45, 2.75) is 29.9 Å². The fraction of sp³-hybridized carbons (Fsp3) is 0.250. The first-order chi connectivity index (χ1) is 13.4. The minimum absolute atomic E-state index is 0.0227. The Labute approximate surface area is 162 Å². The smallest absolute Gasteiger partial charge is 0.231 e. The summed E-state index contributed by atoms with van der Waals surface area (Å²) >= 11 is 0. The summed E-state index contributed by atoms with van der Waals surface area (Å²) in [5, 5.41) is 7.87. The Kier molecular flexibility index (Phi) is 4.72. The van der Waals surface area contributed by atoms with Crippen molar-refractivity contribution < 1.29 is 17.6 Å². The summed E-state index contributed by atoms with van der Waals surface area (Å²) < 4.78 is 30.5. The van der Waals surface area contributed by atoms with Crippen molar-refractivity contribution in [3.63, 3.8) is 0 Å². The number of rotatable bonds is 5. The number of sulfone groups is 1. The Balaban J connectivity index is 1.49. The molecule has 7 nitrogen and oxygen atoms in total. The van der Waals surface area contributed by atoms with Crippen LogP contribution in [0.25, 0.3) is 0 Å². The number of hydrogen-bond acceptors (Lipinski definition) is 6. The largest absolute Gasteiger partial charge is 0.424 e. The summed E-state index contributed by atoms with van der Waals surface area (Å²) in [6.07, 6.45) is 0.251. The molecule has 0 saturated carbocycles. The molecule has 2 heterocycles. The number of hydrogen-bond donors (Lipinski definition) is 0. The van der Waals surface area contributed by atoms with Gasteiger partial charge in [-0.15, -0.1) is 10.2 Å². The van der Waals surface area contributed by atoms with Crippen LogP contribution in [0.5, 0.6) is 0 Å². The van der Waals surface area contributed by atoms with E-state index in [1.165, 1.54) is 12.1 Å². The first-order valence-electron chi connectivity index (χ1n) is 8.89. The molecule has 1 amide bonds. The normalized spacial score (nSPS) is 17.2. The Morgan fingerprint density at radius 1 is 1.07 bits per heavy atom. The maximum atomic E-state index is 12.5. The molecule has 1 atom stereocenters. The van der Waals surface area contributed by atoms with Crippen LogP contribution >= 0.6 is 0 Å². The molecule has 0 bridgehead atoms. The van der Waals surface area contributed by atoms with E-state index in [2.05, 4.69) is 10.2 Å². The van der Waals surface area contributed by atoms with E-state index >= 15 is 0 Å². The first-order valence-corrected chi connectivity index (χ1v) is 10.5.